The van der Waals surface area contributed by atoms with Crippen molar-refractivity contribution in [1.82, 2.24) is 9.97 Å². The molecule has 2 heterocycles. The average molecular weight is 281 g/mol. The highest BCUT2D eigenvalue weighted by atomic mass is 32.2. The van der Waals surface area contributed by atoms with Gasteiger partial charge in [0.05, 0.1) is 5.75 Å². The van der Waals surface area contributed by atoms with Crippen LogP contribution in [0.4, 0.5) is 5.95 Å². The van der Waals surface area contributed by atoms with Crippen LogP contribution in [0.15, 0.2) is 11.1 Å². The lowest BCUT2D eigenvalue weighted by molar-refractivity contribution is -0.133. The fraction of sp³-hybridized carbons (Fsp3) is 0.615. The standard InChI is InChI=1S/C13H19N3O2S/c1-9-7-11(19-8-12(17)18)15-13(14-9)16-6-4-3-5-10(16)2/h7,10H,3-6,8H2,1-2H3,(H,17,18). The van der Waals surface area contributed by atoms with Gasteiger partial charge in [-0.25, -0.2) is 9.97 Å². The summed E-state index contributed by atoms with van der Waals surface area (Å²) >= 11 is 1.24. The zero-order valence-corrected chi connectivity index (χ0v) is 12.1. The van der Waals surface area contributed by atoms with Crippen molar-refractivity contribution in [3.63, 3.8) is 0 Å². The SMILES string of the molecule is Cc1cc(SCC(=O)O)nc(N2CCCCC2C)n1. The molecule has 1 unspecified atom stereocenters. The van der Waals surface area contributed by atoms with Crippen LogP contribution in [0.3, 0.4) is 0 Å². The van der Waals surface area contributed by atoms with Gasteiger partial charge >= 0.3 is 5.97 Å². The van der Waals surface area contributed by atoms with Crippen molar-refractivity contribution in [2.24, 2.45) is 0 Å². The Morgan fingerprint density at radius 2 is 2.32 bits per heavy atom. The first-order valence-electron chi connectivity index (χ1n) is 6.53. The summed E-state index contributed by atoms with van der Waals surface area (Å²) in [6.07, 6.45) is 3.58. The van der Waals surface area contributed by atoms with Gasteiger partial charge in [0.25, 0.3) is 0 Å². The lowest BCUT2D eigenvalue weighted by Gasteiger charge is -2.33. The summed E-state index contributed by atoms with van der Waals surface area (Å²) in [5, 5.41) is 9.47. The molecule has 2 rings (SSSR count). The van der Waals surface area contributed by atoms with Crippen molar-refractivity contribution >= 4 is 23.7 Å². The minimum atomic E-state index is -0.825. The lowest BCUT2D eigenvalue weighted by Crippen LogP contribution is -2.38. The van der Waals surface area contributed by atoms with Gasteiger partial charge in [-0.15, -0.1) is 0 Å². The number of carbonyl (C=O) groups is 1. The number of aryl methyl sites for hydroxylation is 1. The van der Waals surface area contributed by atoms with Gasteiger partial charge in [-0.2, -0.15) is 0 Å². The van der Waals surface area contributed by atoms with Gasteiger partial charge in [0, 0.05) is 18.3 Å². The van der Waals surface area contributed by atoms with E-state index in [2.05, 4.69) is 21.8 Å². The molecule has 1 aromatic heterocycles. The lowest BCUT2D eigenvalue weighted by atomic mass is 10.0. The molecule has 0 bridgehead atoms. The maximum atomic E-state index is 10.6. The molecule has 1 aromatic rings. The number of aromatic nitrogens is 2. The summed E-state index contributed by atoms with van der Waals surface area (Å²) in [4.78, 5) is 21.8. The Morgan fingerprint density at radius 3 is 3.00 bits per heavy atom. The Bertz CT molecular complexity index is 467. The Hall–Kier alpha value is -1.30. The van der Waals surface area contributed by atoms with E-state index in [0.717, 1.165) is 29.6 Å². The highest BCUT2D eigenvalue weighted by Gasteiger charge is 2.21. The second-order valence-electron chi connectivity index (χ2n) is 4.87. The van der Waals surface area contributed by atoms with Crippen LogP contribution in [-0.4, -0.2) is 39.4 Å². The van der Waals surface area contributed by atoms with E-state index in [1.54, 1.807) is 0 Å². The van der Waals surface area contributed by atoms with E-state index in [0.29, 0.717) is 6.04 Å². The summed E-state index contributed by atoms with van der Waals surface area (Å²) in [6, 6.07) is 2.29. The van der Waals surface area contributed by atoms with Gasteiger partial charge in [0.1, 0.15) is 5.03 Å². The van der Waals surface area contributed by atoms with Crippen molar-refractivity contribution in [2.45, 2.75) is 44.2 Å². The first-order chi connectivity index (χ1) is 9.06. The molecule has 1 aliphatic heterocycles. The number of anilines is 1. The van der Waals surface area contributed by atoms with Crippen molar-refractivity contribution < 1.29 is 9.90 Å². The second kappa shape index (κ2) is 6.23. The van der Waals surface area contributed by atoms with Crippen molar-refractivity contribution in [2.75, 3.05) is 17.2 Å². The van der Waals surface area contributed by atoms with Crippen molar-refractivity contribution in [3.05, 3.63) is 11.8 Å². The molecule has 6 heteroatoms. The van der Waals surface area contributed by atoms with E-state index in [9.17, 15) is 4.79 Å². The van der Waals surface area contributed by atoms with Gasteiger partial charge < -0.3 is 10.0 Å². The van der Waals surface area contributed by atoms with E-state index in [4.69, 9.17) is 5.11 Å². The topological polar surface area (TPSA) is 66.3 Å². The predicted octanol–water partition coefficient (Wildman–Crippen LogP) is 2.34. The molecule has 1 atom stereocenters. The fourth-order valence-corrected chi connectivity index (χ4v) is 2.93. The van der Waals surface area contributed by atoms with Crippen molar-refractivity contribution in [3.8, 4) is 0 Å². The average Bonchev–Trinajstić information content (AvgIpc) is 2.36. The molecule has 0 saturated carbocycles. The van der Waals surface area contributed by atoms with Crippen LogP contribution in [0.1, 0.15) is 31.9 Å². The first kappa shape index (κ1) is 14.1. The monoisotopic (exact) mass is 281 g/mol. The maximum Gasteiger partial charge on any atom is 0.313 e. The number of carboxylic acids is 1. The number of hydrogen-bond acceptors (Lipinski definition) is 5. The molecule has 1 N–H and O–H groups in total. The largest absolute Gasteiger partial charge is 0.481 e. The minimum absolute atomic E-state index is 0.0332. The molecule has 5 nitrogen and oxygen atoms in total. The third-order valence-electron chi connectivity index (χ3n) is 3.22. The first-order valence-corrected chi connectivity index (χ1v) is 7.52. The molecule has 19 heavy (non-hydrogen) atoms. The number of nitrogens with zero attached hydrogens (tertiary/aromatic N) is 3. The number of piperidine rings is 1. The zero-order chi connectivity index (χ0) is 13.8. The second-order valence-corrected chi connectivity index (χ2v) is 5.86. The van der Waals surface area contributed by atoms with Gasteiger partial charge in [-0.05, 0) is 39.2 Å². The number of aliphatic carboxylic acids is 1. The summed E-state index contributed by atoms with van der Waals surface area (Å²) in [5.41, 5.74) is 0.885. The third kappa shape index (κ3) is 3.83. The number of carboxylic acid groups (broad SMARTS) is 1. The van der Waals surface area contributed by atoms with Crippen LogP contribution in [0.5, 0.6) is 0 Å². The molecular formula is C13H19N3O2S. The van der Waals surface area contributed by atoms with E-state index >= 15 is 0 Å². The smallest absolute Gasteiger partial charge is 0.313 e. The summed E-state index contributed by atoms with van der Waals surface area (Å²) in [6.45, 7) is 5.09. The normalized spacial score (nSPS) is 19.5. The molecule has 0 radical (unpaired) electrons. The molecule has 1 aliphatic rings. The highest BCUT2D eigenvalue weighted by Crippen LogP contribution is 2.24. The third-order valence-corrected chi connectivity index (χ3v) is 4.12. The van der Waals surface area contributed by atoms with E-state index in [1.165, 1.54) is 24.6 Å². The Morgan fingerprint density at radius 1 is 1.53 bits per heavy atom. The number of rotatable bonds is 4. The number of thioether (sulfide) groups is 1. The maximum absolute atomic E-state index is 10.6. The summed E-state index contributed by atoms with van der Waals surface area (Å²) in [5.74, 6) is -0.0555. The quantitative estimate of drug-likeness (QED) is 0.675. The van der Waals surface area contributed by atoms with E-state index < -0.39 is 5.97 Å². The van der Waals surface area contributed by atoms with Crippen LogP contribution >= 0.6 is 11.8 Å². The number of hydrogen-bond donors (Lipinski definition) is 1. The van der Waals surface area contributed by atoms with E-state index in [1.807, 2.05) is 13.0 Å². The van der Waals surface area contributed by atoms with E-state index in [-0.39, 0.29) is 5.75 Å². The molecule has 0 amide bonds. The minimum Gasteiger partial charge on any atom is -0.481 e. The van der Waals surface area contributed by atoms with Crippen LogP contribution in [-0.2, 0) is 4.79 Å². The van der Waals surface area contributed by atoms with Gasteiger partial charge in [-0.1, -0.05) is 11.8 Å². The Labute approximate surface area is 117 Å². The van der Waals surface area contributed by atoms with Gasteiger partial charge in [0.2, 0.25) is 5.95 Å². The van der Waals surface area contributed by atoms with Crippen LogP contribution in [0.2, 0.25) is 0 Å². The highest BCUT2D eigenvalue weighted by molar-refractivity contribution is 7.99. The molecule has 0 aliphatic carbocycles. The molecule has 0 aromatic carbocycles. The van der Waals surface area contributed by atoms with Gasteiger partial charge in [-0.3, -0.25) is 4.79 Å². The van der Waals surface area contributed by atoms with Gasteiger partial charge in [0.15, 0.2) is 0 Å². The molecule has 1 saturated heterocycles. The molecule has 104 valence electrons. The predicted molar refractivity (Wildman–Crippen MR) is 75.8 cm³/mol. The fourth-order valence-electron chi connectivity index (χ4n) is 2.26. The van der Waals surface area contributed by atoms with Crippen LogP contribution in [0.25, 0.3) is 0 Å². The van der Waals surface area contributed by atoms with Crippen LogP contribution < -0.4 is 4.90 Å². The Balaban J connectivity index is 2.17. The molecular weight excluding hydrogens is 262 g/mol. The summed E-state index contributed by atoms with van der Waals surface area (Å²) < 4.78 is 0. The Kier molecular flexibility index (Phi) is 4.63. The molecule has 1 fully saturated rings. The van der Waals surface area contributed by atoms with Crippen molar-refractivity contribution in [1.29, 1.82) is 0 Å². The molecule has 0 spiro atoms. The zero-order valence-electron chi connectivity index (χ0n) is 11.3. The summed E-state index contributed by atoms with van der Waals surface area (Å²) in [7, 11) is 0. The van der Waals surface area contributed by atoms with Crippen LogP contribution in [0, 0.1) is 6.92 Å².